The molecule has 0 bridgehead atoms. The highest BCUT2D eigenvalue weighted by Gasteiger charge is 2.31. The van der Waals surface area contributed by atoms with Gasteiger partial charge in [0, 0.05) is 17.0 Å². The molecule has 26 heavy (non-hydrogen) atoms. The lowest BCUT2D eigenvalue weighted by Gasteiger charge is -2.24. The van der Waals surface area contributed by atoms with E-state index in [0.717, 1.165) is 18.5 Å². The Morgan fingerprint density at radius 3 is 2.69 bits per heavy atom. The quantitative estimate of drug-likeness (QED) is 0.592. The summed E-state index contributed by atoms with van der Waals surface area (Å²) in [6, 6.07) is 14.7. The van der Waals surface area contributed by atoms with Gasteiger partial charge in [-0.3, -0.25) is 14.3 Å². The number of halogens is 1. The van der Waals surface area contributed by atoms with Crippen LogP contribution in [0.15, 0.2) is 53.3 Å². The Balaban J connectivity index is 1.94. The molecule has 1 atom stereocenters. The first-order chi connectivity index (χ1) is 12.6. The highest BCUT2D eigenvalue weighted by molar-refractivity contribution is 7.71. The van der Waals surface area contributed by atoms with Crippen molar-refractivity contribution in [2.75, 3.05) is 6.54 Å². The lowest BCUT2D eigenvalue weighted by Crippen LogP contribution is -2.87. The van der Waals surface area contributed by atoms with E-state index in [1.807, 2.05) is 18.2 Å². The molecule has 0 spiro atoms. The van der Waals surface area contributed by atoms with Crippen LogP contribution in [0.5, 0.6) is 5.88 Å². The van der Waals surface area contributed by atoms with Crippen molar-refractivity contribution in [3.05, 3.63) is 85.4 Å². The lowest BCUT2D eigenvalue weighted by atomic mass is 9.90. The van der Waals surface area contributed by atoms with Crippen molar-refractivity contribution in [1.82, 2.24) is 9.55 Å². The molecule has 0 saturated carbocycles. The summed E-state index contributed by atoms with van der Waals surface area (Å²) in [5, 5.41) is 13.6. The van der Waals surface area contributed by atoms with Crippen LogP contribution in [0.1, 0.15) is 22.7 Å². The van der Waals surface area contributed by atoms with Gasteiger partial charge in [0.1, 0.15) is 11.6 Å². The van der Waals surface area contributed by atoms with Crippen LogP contribution in [-0.4, -0.2) is 21.2 Å². The number of H-pyrrole nitrogens is 1. The predicted molar refractivity (Wildman–Crippen MR) is 103 cm³/mol. The minimum atomic E-state index is -0.365. The molecule has 1 aromatic heterocycles. The van der Waals surface area contributed by atoms with E-state index in [0.29, 0.717) is 16.3 Å². The van der Waals surface area contributed by atoms with Crippen LogP contribution in [0.2, 0.25) is 5.02 Å². The van der Waals surface area contributed by atoms with Crippen LogP contribution in [0.4, 0.5) is 0 Å². The van der Waals surface area contributed by atoms with Crippen molar-refractivity contribution in [3.63, 3.8) is 0 Å². The van der Waals surface area contributed by atoms with Crippen LogP contribution < -0.4 is 10.9 Å². The smallest absolute Gasteiger partial charge is 0.265 e. The number of hydrogen-bond acceptors (Lipinski definition) is 3. The van der Waals surface area contributed by atoms with Crippen LogP contribution in [0.3, 0.4) is 0 Å². The van der Waals surface area contributed by atoms with Gasteiger partial charge in [-0.25, -0.2) is 0 Å². The average molecular weight is 387 g/mol. The first-order valence-corrected chi connectivity index (χ1v) is 9.10. The van der Waals surface area contributed by atoms with Crippen molar-refractivity contribution >= 4 is 23.8 Å². The van der Waals surface area contributed by atoms with Gasteiger partial charge >= 0.3 is 0 Å². The molecular weight excluding hydrogens is 370 g/mol. The van der Waals surface area contributed by atoms with E-state index >= 15 is 0 Å². The lowest BCUT2D eigenvalue weighted by molar-refractivity contribution is -0.690. The van der Waals surface area contributed by atoms with Crippen molar-refractivity contribution < 1.29 is 10.4 Å². The van der Waals surface area contributed by atoms with Gasteiger partial charge in [-0.15, -0.1) is 0 Å². The molecule has 4 rings (SSSR count). The normalized spacial score (nSPS) is 16.3. The largest absolute Gasteiger partial charge is 0.494 e. The first kappa shape index (κ1) is 17.0. The molecule has 3 aromatic rings. The molecule has 7 heteroatoms. The first-order valence-electron chi connectivity index (χ1n) is 8.31. The summed E-state index contributed by atoms with van der Waals surface area (Å²) >= 11 is 11.2. The maximum atomic E-state index is 12.7. The number of nitrogens with one attached hydrogen (secondary N) is 1. The fourth-order valence-electron chi connectivity index (χ4n) is 3.52. The zero-order valence-electron chi connectivity index (χ0n) is 13.8. The van der Waals surface area contributed by atoms with Gasteiger partial charge < -0.3 is 10.4 Å². The number of aromatic hydroxyl groups is 1. The molecule has 0 unspecified atom stereocenters. The molecule has 0 fully saturated rings. The van der Waals surface area contributed by atoms with Gasteiger partial charge in [-0.05, 0) is 42.0 Å². The predicted octanol–water partition coefficient (Wildman–Crippen LogP) is 2.46. The molecule has 1 aliphatic heterocycles. The molecule has 0 amide bonds. The standard InChI is InChI=1S/C19H16ClN3O2S/c20-12-5-7-13(8-6-12)23-18(25)15(17(24)22-19(23)26)16-14-4-2-1-3-11(14)9-10-21-16/h1-8,16,21,25H,9-10H2,(H,22,24,26)/p+1/t16-/m0/s1. The summed E-state index contributed by atoms with van der Waals surface area (Å²) < 4.78 is 1.61. The minimum Gasteiger partial charge on any atom is -0.494 e. The molecule has 2 heterocycles. The third-order valence-electron chi connectivity index (χ3n) is 4.72. The average Bonchev–Trinajstić information content (AvgIpc) is 2.63. The maximum absolute atomic E-state index is 12.7. The molecule has 0 aliphatic carbocycles. The second-order valence-corrected chi connectivity index (χ2v) is 7.08. The molecule has 4 N–H and O–H groups in total. The van der Waals surface area contributed by atoms with E-state index in [2.05, 4.69) is 16.4 Å². The van der Waals surface area contributed by atoms with Crippen molar-refractivity contribution in [1.29, 1.82) is 0 Å². The molecule has 0 saturated heterocycles. The Morgan fingerprint density at radius 2 is 1.92 bits per heavy atom. The van der Waals surface area contributed by atoms with E-state index in [9.17, 15) is 9.90 Å². The number of nitrogens with zero attached hydrogens (tertiary/aromatic N) is 1. The Bertz CT molecular complexity index is 1090. The zero-order valence-corrected chi connectivity index (χ0v) is 15.3. The summed E-state index contributed by atoms with van der Waals surface area (Å²) in [5.41, 5.74) is 2.81. The van der Waals surface area contributed by atoms with Gasteiger partial charge in [-0.1, -0.05) is 35.9 Å². The third-order valence-corrected chi connectivity index (χ3v) is 5.26. The highest BCUT2D eigenvalue weighted by Crippen LogP contribution is 2.29. The van der Waals surface area contributed by atoms with Crippen LogP contribution in [0, 0.1) is 4.77 Å². The second-order valence-electron chi connectivity index (χ2n) is 6.26. The Kier molecular flexibility index (Phi) is 4.40. The van der Waals surface area contributed by atoms with E-state index in [1.165, 1.54) is 10.1 Å². The minimum absolute atomic E-state index is 0.140. The number of nitrogens with two attached hydrogens (primary N) is 1. The molecule has 5 nitrogen and oxygen atoms in total. The molecule has 2 aromatic carbocycles. The van der Waals surface area contributed by atoms with E-state index < -0.39 is 0 Å². The summed E-state index contributed by atoms with van der Waals surface area (Å²) in [5.74, 6) is -0.140. The fourth-order valence-corrected chi connectivity index (χ4v) is 3.93. The number of hydrogen-bond donors (Lipinski definition) is 3. The topological polar surface area (TPSA) is 74.6 Å². The Hall–Kier alpha value is -2.41. The highest BCUT2D eigenvalue weighted by atomic mass is 35.5. The van der Waals surface area contributed by atoms with E-state index in [-0.39, 0.29) is 22.3 Å². The van der Waals surface area contributed by atoms with Gasteiger partial charge in [0.15, 0.2) is 4.77 Å². The van der Waals surface area contributed by atoms with Gasteiger partial charge in [0.05, 0.1) is 12.2 Å². The summed E-state index contributed by atoms with van der Waals surface area (Å²) in [6.45, 7) is 0.844. The van der Waals surface area contributed by atoms with Crippen LogP contribution >= 0.6 is 23.8 Å². The van der Waals surface area contributed by atoms with Crippen LogP contribution in [-0.2, 0) is 6.42 Å². The molecule has 0 radical (unpaired) electrons. The summed E-state index contributed by atoms with van der Waals surface area (Å²) in [7, 11) is 0. The Morgan fingerprint density at radius 1 is 1.19 bits per heavy atom. The second kappa shape index (κ2) is 6.72. The fraction of sp³-hybridized carbons (Fsp3) is 0.158. The third kappa shape index (κ3) is 2.86. The van der Waals surface area contributed by atoms with Crippen molar-refractivity contribution in [3.8, 4) is 11.6 Å². The number of quaternary nitrogens is 1. The number of rotatable bonds is 2. The molecular formula is C19H17ClN3O2S+. The molecule has 132 valence electrons. The van der Waals surface area contributed by atoms with Gasteiger partial charge in [0.2, 0.25) is 5.88 Å². The zero-order chi connectivity index (χ0) is 18.3. The van der Waals surface area contributed by atoms with Crippen molar-refractivity contribution in [2.45, 2.75) is 12.5 Å². The number of fused-ring (bicyclic) bond motifs is 1. The maximum Gasteiger partial charge on any atom is 0.265 e. The van der Waals surface area contributed by atoms with E-state index in [4.69, 9.17) is 23.8 Å². The number of aromatic nitrogens is 2. The van der Waals surface area contributed by atoms with Gasteiger partial charge in [0.25, 0.3) is 5.56 Å². The van der Waals surface area contributed by atoms with Gasteiger partial charge in [-0.2, -0.15) is 0 Å². The van der Waals surface area contributed by atoms with Crippen LogP contribution in [0.25, 0.3) is 5.69 Å². The van der Waals surface area contributed by atoms with Crippen molar-refractivity contribution in [2.24, 2.45) is 0 Å². The summed E-state index contributed by atoms with van der Waals surface area (Å²) in [4.78, 5) is 15.4. The van der Waals surface area contributed by atoms with E-state index in [1.54, 1.807) is 24.3 Å². The number of benzene rings is 2. The number of aromatic amines is 1. The molecule has 1 aliphatic rings. The monoisotopic (exact) mass is 386 g/mol. The SMILES string of the molecule is O=c1[nH]c(=S)n(-c2ccc(Cl)cc2)c(O)c1[C@H]1[NH2+]CCc2ccccc21. The Labute approximate surface area is 159 Å². The summed E-state index contributed by atoms with van der Waals surface area (Å²) in [6.07, 6.45) is 0.932.